The lowest BCUT2D eigenvalue weighted by Crippen LogP contribution is -2.16. The van der Waals surface area contributed by atoms with Crippen LogP contribution in [0.2, 0.25) is 0 Å². The minimum Gasteiger partial charge on any atom is -0.476 e. The standard InChI is InChI=1S/C15H16N2O5/c1-21-15(20)10-2-3-11-12(14(18)19)16-13(17(11)8-10)9-4-6-22-7-5-9/h2-3,8-9H,4-7H2,1H3,(H,18,19). The Kier molecular flexibility index (Phi) is 3.81. The van der Waals surface area contributed by atoms with Gasteiger partial charge in [-0.25, -0.2) is 14.6 Å². The molecule has 7 heteroatoms. The molecule has 0 amide bonds. The smallest absolute Gasteiger partial charge is 0.356 e. The van der Waals surface area contributed by atoms with Gasteiger partial charge in [0.2, 0.25) is 0 Å². The maximum Gasteiger partial charge on any atom is 0.356 e. The van der Waals surface area contributed by atoms with E-state index in [4.69, 9.17) is 9.47 Å². The predicted octanol–water partition coefficient (Wildman–Crippen LogP) is 1.71. The van der Waals surface area contributed by atoms with Crippen LogP contribution in [0.3, 0.4) is 0 Å². The molecule has 0 atom stereocenters. The number of fused-ring (bicyclic) bond motifs is 1. The molecule has 0 aliphatic carbocycles. The summed E-state index contributed by atoms with van der Waals surface area (Å²) in [6, 6.07) is 3.13. The van der Waals surface area contributed by atoms with Crippen LogP contribution in [0.25, 0.3) is 5.52 Å². The van der Waals surface area contributed by atoms with Crippen molar-refractivity contribution in [1.82, 2.24) is 9.38 Å². The fraction of sp³-hybridized carbons (Fsp3) is 0.400. The summed E-state index contributed by atoms with van der Waals surface area (Å²) in [6.45, 7) is 1.25. The highest BCUT2D eigenvalue weighted by atomic mass is 16.5. The van der Waals surface area contributed by atoms with E-state index in [0.717, 1.165) is 12.8 Å². The second-order valence-corrected chi connectivity index (χ2v) is 5.18. The number of nitrogens with zero attached hydrogens (tertiary/aromatic N) is 2. The molecule has 1 aliphatic heterocycles. The van der Waals surface area contributed by atoms with Gasteiger partial charge in [0.15, 0.2) is 5.69 Å². The third kappa shape index (κ3) is 2.43. The molecule has 0 spiro atoms. The first kappa shape index (κ1) is 14.5. The summed E-state index contributed by atoms with van der Waals surface area (Å²) < 4.78 is 11.7. The Hall–Kier alpha value is -2.41. The molecular weight excluding hydrogens is 288 g/mol. The van der Waals surface area contributed by atoms with Gasteiger partial charge in [-0.15, -0.1) is 0 Å². The van der Waals surface area contributed by atoms with Crippen LogP contribution in [0.5, 0.6) is 0 Å². The molecule has 3 heterocycles. The molecule has 116 valence electrons. The number of hydrogen-bond acceptors (Lipinski definition) is 5. The first-order valence-electron chi connectivity index (χ1n) is 7.03. The summed E-state index contributed by atoms with van der Waals surface area (Å²) in [4.78, 5) is 27.4. The van der Waals surface area contributed by atoms with E-state index in [1.165, 1.54) is 7.11 Å². The third-order valence-corrected chi connectivity index (χ3v) is 3.87. The van der Waals surface area contributed by atoms with Crippen molar-refractivity contribution in [3.63, 3.8) is 0 Å². The fourth-order valence-electron chi connectivity index (χ4n) is 2.75. The number of ether oxygens (including phenoxy) is 2. The maximum atomic E-state index is 11.7. The van der Waals surface area contributed by atoms with Gasteiger partial charge in [-0.1, -0.05) is 0 Å². The number of methoxy groups -OCH3 is 1. The Labute approximate surface area is 126 Å². The van der Waals surface area contributed by atoms with Crippen LogP contribution < -0.4 is 0 Å². The summed E-state index contributed by atoms with van der Waals surface area (Å²) in [5.41, 5.74) is 0.831. The Balaban J connectivity index is 2.16. The van der Waals surface area contributed by atoms with E-state index in [9.17, 15) is 14.7 Å². The highest BCUT2D eigenvalue weighted by Crippen LogP contribution is 2.28. The largest absolute Gasteiger partial charge is 0.476 e. The molecule has 1 saturated heterocycles. The van der Waals surface area contributed by atoms with Crippen LogP contribution in [0.15, 0.2) is 18.3 Å². The molecule has 3 rings (SSSR count). The number of imidazole rings is 1. The Morgan fingerprint density at radius 1 is 1.36 bits per heavy atom. The molecule has 1 N–H and O–H groups in total. The average Bonchev–Trinajstić information content (AvgIpc) is 2.94. The van der Waals surface area contributed by atoms with Crippen molar-refractivity contribution in [3.05, 3.63) is 35.4 Å². The predicted molar refractivity (Wildman–Crippen MR) is 76.3 cm³/mol. The van der Waals surface area contributed by atoms with E-state index in [0.29, 0.717) is 30.1 Å². The van der Waals surface area contributed by atoms with E-state index < -0.39 is 11.9 Å². The number of carboxylic acids is 1. The van der Waals surface area contributed by atoms with Crippen molar-refractivity contribution in [2.45, 2.75) is 18.8 Å². The fourth-order valence-corrected chi connectivity index (χ4v) is 2.75. The number of carbonyl (C=O) groups excluding carboxylic acids is 1. The zero-order chi connectivity index (χ0) is 15.7. The zero-order valence-electron chi connectivity index (χ0n) is 12.1. The van der Waals surface area contributed by atoms with Gasteiger partial charge < -0.3 is 19.0 Å². The van der Waals surface area contributed by atoms with Crippen molar-refractivity contribution >= 4 is 17.5 Å². The number of esters is 1. The summed E-state index contributed by atoms with van der Waals surface area (Å²) in [5.74, 6) is -0.782. The first-order valence-corrected chi connectivity index (χ1v) is 7.03. The quantitative estimate of drug-likeness (QED) is 0.868. The van der Waals surface area contributed by atoms with Crippen LogP contribution in [0.1, 0.15) is 45.4 Å². The summed E-state index contributed by atoms with van der Waals surface area (Å²) in [7, 11) is 1.31. The molecule has 1 aliphatic rings. The number of pyridine rings is 1. The third-order valence-electron chi connectivity index (χ3n) is 3.87. The molecule has 0 bridgehead atoms. The molecule has 0 saturated carbocycles. The zero-order valence-corrected chi connectivity index (χ0v) is 12.1. The van der Waals surface area contributed by atoms with Crippen molar-refractivity contribution in [2.24, 2.45) is 0 Å². The van der Waals surface area contributed by atoms with Gasteiger partial charge in [-0.3, -0.25) is 0 Å². The number of hydrogen-bond donors (Lipinski definition) is 1. The molecule has 7 nitrogen and oxygen atoms in total. The second kappa shape index (κ2) is 5.76. The lowest BCUT2D eigenvalue weighted by Gasteiger charge is -2.21. The molecule has 22 heavy (non-hydrogen) atoms. The van der Waals surface area contributed by atoms with Crippen molar-refractivity contribution in [1.29, 1.82) is 0 Å². The van der Waals surface area contributed by atoms with E-state index in [1.807, 2.05) is 0 Å². The number of aromatic carboxylic acids is 1. The van der Waals surface area contributed by atoms with Gasteiger partial charge in [0, 0.05) is 25.3 Å². The topological polar surface area (TPSA) is 90.1 Å². The van der Waals surface area contributed by atoms with Gasteiger partial charge in [0.25, 0.3) is 0 Å². The van der Waals surface area contributed by atoms with E-state index >= 15 is 0 Å². The van der Waals surface area contributed by atoms with Crippen molar-refractivity contribution in [3.8, 4) is 0 Å². The Morgan fingerprint density at radius 3 is 2.73 bits per heavy atom. The maximum absolute atomic E-state index is 11.7. The summed E-state index contributed by atoms with van der Waals surface area (Å²) in [5, 5.41) is 9.33. The van der Waals surface area contributed by atoms with E-state index in [1.54, 1.807) is 22.7 Å². The first-order chi connectivity index (χ1) is 10.6. The van der Waals surface area contributed by atoms with Crippen LogP contribution in [-0.4, -0.2) is 46.8 Å². The molecular formula is C15H16N2O5. The van der Waals surface area contributed by atoms with Gasteiger partial charge in [0.05, 0.1) is 18.2 Å². The van der Waals surface area contributed by atoms with Gasteiger partial charge in [-0.05, 0) is 25.0 Å². The van der Waals surface area contributed by atoms with Crippen molar-refractivity contribution in [2.75, 3.05) is 20.3 Å². The van der Waals surface area contributed by atoms with Crippen LogP contribution >= 0.6 is 0 Å². The minimum absolute atomic E-state index is 0.00194. The van der Waals surface area contributed by atoms with Crippen LogP contribution in [-0.2, 0) is 9.47 Å². The monoisotopic (exact) mass is 304 g/mol. The van der Waals surface area contributed by atoms with E-state index in [-0.39, 0.29) is 11.6 Å². The number of carbonyl (C=O) groups is 2. The highest BCUT2D eigenvalue weighted by molar-refractivity contribution is 5.95. The lowest BCUT2D eigenvalue weighted by atomic mass is 9.99. The molecule has 2 aromatic heterocycles. The van der Waals surface area contributed by atoms with Gasteiger partial charge >= 0.3 is 11.9 Å². The SMILES string of the molecule is COC(=O)c1ccc2c(C(=O)O)nc(C3CCOCC3)n2c1. The highest BCUT2D eigenvalue weighted by Gasteiger charge is 2.25. The normalized spacial score (nSPS) is 15.9. The lowest BCUT2D eigenvalue weighted by molar-refractivity contribution is 0.0599. The molecule has 0 radical (unpaired) electrons. The molecule has 1 fully saturated rings. The molecule has 2 aromatic rings. The van der Waals surface area contributed by atoms with Gasteiger partial charge in [0.1, 0.15) is 5.82 Å². The summed E-state index contributed by atoms with van der Waals surface area (Å²) >= 11 is 0. The van der Waals surface area contributed by atoms with Crippen LogP contribution in [0.4, 0.5) is 0 Å². The second-order valence-electron chi connectivity index (χ2n) is 5.18. The number of carboxylic acid groups (broad SMARTS) is 1. The molecule has 0 unspecified atom stereocenters. The molecule has 0 aromatic carbocycles. The summed E-state index contributed by atoms with van der Waals surface area (Å²) in [6.07, 6.45) is 3.15. The van der Waals surface area contributed by atoms with Crippen molar-refractivity contribution < 1.29 is 24.2 Å². The Morgan fingerprint density at radius 2 is 2.09 bits per heavy atom. The number of rotatable bonds is 3. The van der Waals surface area contributed by atoms with E-state index in [2.05, 4.69) is 4.98 Å². The van der Waals surface area contributed by atoms with Gasteiger partial charge in [-0.2, -0.15) is 0 Å². The average molecular weight is 304 g/mol. The minimum atomic E-state index is -1.08. The number of aromatic nitrogens is 2. The Bertz CT molecular complexity index is 731. The van der Waals surface area contributed by atoms with Crippen LogP contribution in [0, 0.1) is 0 Å².